The maximum atomic E-state index is 11.0. The van der Waals surface area contributed by atoms with Gasteiger partial charge in [-0.1, -0.05) is 0 Å². The van der Waals surface area contributed by atoms with Crippen molar-refractivity contribution in [2.45, 2.75) is 26.7 Å². The van der Waals surface area contributed by atoms with Crippen LogP contribution in [0.1, 0.15) is 22.0 Å². The van der Waals surface area contributed by atoms with Crippen molar-refractivity contribution < 1.29 is 8.42 Å². The molecule has 1 aromatic rings. The number of thiazole rings is 1. The van der Waals surface area contributed by atoms with Gasteiger partial charge < -0.3 is 10.6 Å². The molecule has 1 aromatic heterocycles. The molecule has 6 nitrogen and oxygen atoms in total. The highest BCUT2D eigenvalue weighted by molar-refractivity contribution is 14.0. The minimum Gasteiger partial charge on any atom is -0.356 e. The van der Waals surface area contributed by atoms with Crippen LogP contribution >= 0.6 is 35.3 Å². The van der Waals surface area contributed by atoms with E-state index in [1.807, 2.05) is 6.92 Å². The predicted molar refractivity (Wildman–Crippen MR) is 104 cm³/mol. The second kappa shape index (κ2) is 10.4. The highest BCUT2D eigenvalue weighted by atomic mass is 127. The lowest BCUT2D eigenvalue weighted by Gasteiger charge is -2.10. The number of hydrogen-bond acceptors (Lipinski definition) is 5. The molecular formula is C13H25IN4O2S2. The van der Waals surface area contributed by atoms with Crippen molar-refractivity contribution in [1.82, 2.24) is 15.6 Å². The Morgan fingerprint density at radius 1 is 1.27 bits per heavy atom. The Balaban J connectivity index is 0.00000441. The molecule has 0 saturated carbocycles. The fraction of sp³-hybridized carbons (Fsp3) is 0.692. The average Bonchev–Trinajstić information content (AvgIpc) is 2.70. The molecule has 1 heterocycles. The summed E-state index contributed by atoms with van der Waals surface area (Å²) < 4.78 is 22.0. The third kappa shape index (κ3) is 8.89. The molecule has 0 fully saturated rings. The molecule has 0 unspecified atom stereocenters. The Morgan fingerprint density at radius 3 is 2.41 bits per heavy atom. The Kier molecular flexibility index (Phi) is 10.2. The van der Waals surface area contributed by atoms with E-state index in [9.17, 15) is 8.42 Å². The van der Waals surface area contributed by atoms with Crippen LogP contribution in [0.3, 0.4) is 0 Å². The minimum absolute atomic E-state index is 0. The number of halogens is 1. The lowest BCUT2D eigenvalue weighted by Crippen LogP contribution is -2.39. The van der Waals surface area contributed by atoms with Crippen LogP contribution in [0.4, 0.5) is 0 Å². The van der Waals surface area contributed by atoms with Crippen molar-refractivity contribution in [2.24, 2.45) is 4.99 Å². The van der Waals surface area contributed by atoms with Crippen molar-refractivity contribution in [1.29, 1.82) is 0 Å². The van der Waals surface area contributed by atoms with Crippen molar-refractivity contribution in [3.63, 3.8) is 0 Å². The first-order chi connectivity index (χ1) is 9.81. The summed E-state index contributed by atoms with van der Waals surface area (Å²) in [5.74, 6) is 0.878. The van der Waals surface area contributed by atoms with Crippen LogP contribution in [0.15, 0.2) is 4.99 Å². The van der Waals surface area contributed by atoms with Gasteiger partial charge in [0.05, 0.1) is 16.5 Å². The first kappa shape index (κ1) is 21.6. The number of hydrogen-bond donors (Lipinski definition) is 2. The first-order valence-corrected chi connectivity index (χ1v) is 9.74. The molecule has 0 aliphatic carbocycles. The predicted octanol–water partition coefficient (Wildman–Crippen LogP) is 1.52. The number of rotatable bonds is 7. The molecule has 0 aliphatic heterocycles. The van der Waals surface area contributed by atoms with Crippen LogP contribution in [0.2, 0.25) is 0 Å². The van der Waals surface area contributed by atoms with Crippen LogP contribution < -0.4 is 10.6 Å². The molecule has 2 N–H and O–H groups in total. The number of aromatic nitrogens is 1. The van der Waals surface area contributed by atoms with Gasteiger partial charge in [-0.25, -0.2) is 13.4 Å². The number of nitrogens with one attached hydrogen (secondary N) is 2. The van der Waals surface area contributed by atoms with Crippen LogP contribution in [0.5, 0.6) is 0 Å². The summed E-state index contributed by atoms with van der Waals surface area (Å²) in [7, 11) is -1.19. The summed E-state index contributed by atoms with van der Waals surface area (Å²) in [5, 5.41) is 7.42. The fourth-order valence-corrected chi connectivity index (χ4v) is 3.30. The van der Waals surface area contributed by atoms with Crippen molar-refractivity contribution in [2.75, 3.05) is 32.1 Å². The zero-order valence-electron chi connectivity index (χ0n) is 13.5. The molecule has 0 radical (unpaired) electrons. The highest BCUT2D eigenvalue weighted by Crippen LogP contribution is 2.16. The molecule has 22 heavy (non-hydrogen) atoms. The fourth-order valence-electron chi connectivity index (χ4n) is 1.70. The monoisotopic (exact) mass is 460 g/mol. The quantitative estimate of drug-likeness (QED) is 0.279. The normalized spacial score (nSPS) is 11.9. The van der Waals surface area contributed by atoms with Crippen LogP contribution in [0.25, 0.3) is 0 Å². The molecule has 9 heteroatoms. The largest absolute Gasteiger partial charge is 0.356 e. The maximum Gasteiger partial charge on any atom is 0.190 e. The van der Waals surface area contributed by atoms with Gasteiger partial charge in [0.15, 0.2) is 5.96 Å². The lowest BCUT2D eigenvalue weighted by molar-refractivity contribution is 0.598. The van der Waals surface area contributed by atoms with Gasteiger partial charge in [-0.15, -0.1) is 35.3 Å². The zero-order chi connectivity index (χ0) is 15.9. The second-order valence-corrected chi connectivity index (χ2v) is 8.46. The molecule has 0 aromatic carbocycles. The van der Waals surface area contributed by atoms with Crippen molar-refractivity contribution in [3.8, 4) is 0 Å². The molecule has 0 amide bonds. The topological polar surface area (TPSA) is 83.5 Å². The summed E-state index contributed by atoms with van der Waals surface area (Å²) in [6.07, 6.45) is 2.67. The van der Waals surface area contributed by atoms with Gasteiger partial charge in [-0.05, 0) is 20.3 Å². The van der Waals surface area contributed by atoms with Gasteiger partial charge in [0.25, 0.3) is 0 Å². The number of nitrogens with zero attached hydrogens (tertiary/aromatic N) is 2. The standard InChI is InChI=1S/C13H24N4O2S2.HI/c1-10-11(2)20-12(17-10)6-8-16-13(14-3)15-7-5-9-21(4,18)19;/h5-9H2,1-4H3,(H2,14,15,16);1H. The maximum absolute atomic E-state index is 11.0. The van der Waals surface area contributed by atoms with E-state index in [0.717, 1.165) is 23.7 Å². The Bertz CT molecular complexity index is 565. The van der Waals surface area contributed by atoms with E-state index in [1.54, 1.807) is 18.4 Å². The number of aryl methyl sites for hydroxylation is 2. The van der Waals surface area contributed by atoms with Gasteiger partial charge in [-0.3, -0.25) is 4.99 Å². The Morgan fingerprint density at radius 2 is 1.91 bits per heavy atom. The van der Waals surface area contributed by atoms with E-state index in [4.69, 9.17) is 0 Å². The number of guanidine groups is 1. The Labute approximate surface area is 154 Å². The smallest absolute Gasteiger partial charge is 0.190 e. The molecule has 1 rings (SSSR count). The van der Waals surface area contributed by atoms with Crippen molar-refractivity contribution in [3.05, 3.63) is 15.6 Å². The van der Waals surface area contributed by atoms with E-state index in [1.165, 1.54) is 11.1 Å². The summed E-state index contributed by atoms with van der Waals surface area (Å²) in [6.45, 7) is 5.43. The van der Waals surface area contributed by atoms with E-state index in [0.29, 0.717) is 18.9 Å². The SMILES string of the molecule is CN=C(NCCCS(C)(=O)=O)NCCc1nc(C)c(C)s1.I. The average molecular weight is 460 g/mol. The van der Waals surface area contributed by atoms with Gasteiger partial charge in [0, 0.05) is 37.7 Å². The van der Waals surface area contributed by atoms with Gasteiger partial charge in [0.1, 0.15) is 9.84 Å². The van der Waals surface area contributed by atoms with Crippen molar-refractivity contribution >= 4 is 51.1 Å². The van der Waals surface area contributed by atoms with Crippen LogP contribution in [-0.4, -0.2) is 51.5 Å². The van der Waals surface area contributed by atoms with E-state index in [-0.39, 0.29) is 29.7 Å². The summed E-state index contributed by atoms with van der Waals surface area (Å²) in [4.78, 5) is 9.85. The third-order valence-corrected chi connectivity index (χ3v) is 5.07. The Hall–Kier alpha value is -0.420. The summed E-state index contributed by atoms with van der Waals surface area (Å²) >= 11 is 1.72. The summed E-state index contributed by atoms with van der Waals surface area (Å²) in [5.41, 5.74) is 1.10. The lowest BCUT2D eigenvalue weighted by atomic mass is 10.4. The number of aliphatic imine (C=N–C) groups is 1. The third-order valence-electron chi connectivity index (χ3n) is 2.91. The molecule has 0 saturated heterocycles. The summed E-state index contributed by atoms with van der Waals surface area (Å²) in [6, 6.07) is 0. The minimum atomic E-state index is -2.89. The van der Waals surface area contributed by atoms with Gasteiger partial charge in [-0.2, -0.15) is 0 Å². The highest BCUT2D eigenvalue weighted by Gasteiger charge is 2.05. The van der Waals surface area contributed by atoms with E-state index in [2.05, 4.69) is 27.5 Å². The second-order valence-electron chi connectivity index (χ2n) is 4.91. The molecule has 0 atom stereocenters. The van der Waals surface area contributed by atoms with Crippen LogP contribution in [-0.2, 0) is 16.3 Å². The van der Waals surface area contributed by atoms with Gasteiger partial charge >= 0.3 is 0 Å². The van der Waals surface area contributed by atoms with Crippen LogP contribution in [0, 0.1) is 13.8 Å². The first-order valence-electron chi connectivity index (χ1n) is 6.87. The zero-order valence-corrected chi connectivity index (χ0v) is 17.4. The molecule has 128 valence electrons. The molecule has 0 spiro atoms. The molecule has 0 aliphatic rings. The molecule has 0 bridgehead atoms. The molecular weight excluding hydrogens is 435 g/mol. The van der Waals surface area contributed by atoms with Gasteiger partial charge in [0.2, 0.25) is 0 Å². The van der Waals surface area contributed by atoms with E-state index >= 15 is 0 Å². The number of sulfone groups is 1. The van der Waals surface area contributed by atoms with E-state index < -0.39 is 9.84 Å².